The smallest absolute Gasteiger partial charge is 0.410 e. The first-order valence-electron chi connectivity index (χ1n) is 8.55. The molecule has 132 valence electrons. The van der Waals surface area contributed by atoms with Crippen LogP contribution in [0.15, 0.2) is 30.3 Å². The van der Waals surface area contributed by atoms with Crippen LogP contribution in [0.5, 0.6) is 0 Å². The lowest BCUT2D eigenvalue weighted by Crippen LogP contribution is -2.44. The zero-order valence-corrected chi connectivity index (χ0v) is 15.1. The Bertz CT molecular complexity index is 558. The fourth-order valence-electron chi connectivity index (χ4n) is 2.90. The van der Waals surface area contributed by atoms with Crippen molar-refractivity contribution in [3.05, 3.63) is 35.9 Å². The first-order chi connectivity index (χ1) is 11.3. The predicted molar refractivity (Wildman–Crippen MR) is 93.9 cm³/mol. The molecule has 5 heteroatoms. The number of hydrogen-bond donors (Lipinski definition) is 0. The van der Waals surface area contributed by atoms with Crippen molar-refractivity contribution in [2.45, 2.75) is 39.2 Å². The van der Waals surface area contributed by atoms with E-state index in [1.807, 2.05) is 58.2 Å². The third kappa shape index (κ3) is 5.25. The van der Waals surface area contributed by atoms with E-state index in [1.165, 1.54) is 0 Å². The molecule has 1 aliphatic rings. The van der Waals surface area contributed by atoms with E-state index in [0.717, 1.165) is 19.4 Å². The minimum absolute atomic E-state index is 0.0465. The molecule has 0 radical (unpaired) electrons. The van der Waals surface area contributed by atoms with Crippen LogP contribution in [0.4, 0.5) is 4.79 Å². The Labute approximate surface area is 144 Å². The van der Waals surface area contributed by atoms with Crippen LogP contribution >= 0.6 is 0 Å². The van der Waals surface area contributed by atoms with Gasteiger partial charge in [0, 0.05) is 32.2 Å². The average molecular weight is 332 g/mol. The van der Waals surface area contributed by atoms with Gasteiger partial charge in [-0.1, -0.05) is 18.2 Å². The molecule has 1 aromatic carbocycles. The standard InChI is InChI=1S/C19H28N2O3/c1-19(2,3)24-18(23)21-12-10-15(11-13-21)14-20(4)17(22)16-8-6-5-7-9-16/h5-9,15H,10-14H2,1-4H3. The number of rotatable bonds is 3. The van der Waals surface area contributed by atoms with Gasteiger partial charge in [-0.05, 0) is 51.7 Å². The zero-order chi connectivity index (χ0) is 17.7. The number of carbonyl (C=O) groups excluding carboxylic acids is 2. The molecule has 2 rings (SSSR count). The van der Waals surface area contributed by atoms with E-state index in [9.17, 15) is 9.59 Å². The van der Waals surface area contributed by atoms with Crippen LogP contribution in [0, 0.1) is 5.92 Å². The third-order valence-corrected chi connectivity index (χ3v) is 4.17. The van der Waals surface area contributed by atoms with Gasteiger partial charge >= 0.3 is 6.09 Å². The lowest BCUT2D eigenvalue weighted by Gasteiger charge is -2.34. The molecule has 1 saturated heterocycles. The molecule has 0 saturated carbocycles. The largest absolute Gasteiger partial charge is 0.444 e. The van der Waals surface area contributed by atoms with E-state index in [0.29, 0.717) is 24.6 Å². The summed E-state index contributed by atoms with van der Waals surface area (Å²) in [4.78, 5) is 28.0. The van der Waals surface area contributed by atoms with Crippen molar-refractivity contribution in [2.24, 2.45) is 5.92 Å². The number of amides is 2. The number of piperidine rings is 1. The van der Waals surface area contributed by atoms with Gasteiger partial charge in [0.05, 0.1) is 0 Å². The number of carbonyl (C=O) groups is 2. The first-order valence-corrected chi connectivity index (χ1v) is 8.55. The summed E-state index contributed by atoms with van der Waals surface area (Å²) in [5.41, 5.74) is 0.252. The summed E-state index contributed by atoms with van der Waals surface area (Å²) in [6.07, 6.45) is 1.55. The highest BCUT2D eigenvalue weighted by Crippen LogP contribution is 2.21. The number of benzene rings is 1. The molecule has 0 spiro atoms. The fraction of sp³-hybridized carbons (Fsp3) is 0.579. The second kappa shape index (κ2) is 7.69. The molecule has 1 aromatic rings. The van der Waals surface area contributed by atoms with Gasteiger partial charge in [0.15, 0.2) is 0 Å². The summed E-state index contributed by atoms with van der Waals surface area (Å²) >= 11 is 0. The van der Waals surface area contributed by atoms with Gasteiger partial charge in [-0.2, -0.15) is 0 Å². The summed E-state index contributed by atoms with van der Waals surface area (Å²) in [5.74, 6) is 0.464. The van der Waals surface area contributed by atoms with E-state index in [4.69, 9.17) is 4.74 Å². The minimum atomic E-state index is -0.462. The van der Waals surface area contributed by atoms with Gasteiger partial charge in [0.25, 0.3) is 5.91 Å². The molecule has 0 aromatic heterocycles. The van der Waals surface area contributed by atoms with Crippen LogP contribution in [-0.2, 0) is 4.74 Å². The van der Waals surface area contributed by atoms with Crippen LogP contribution in [0.1, 0.15) is 44.0 Å². The summed E-state index contributed by atoms with van der Waals surface area (Å²) in [6.45, 7) is 7.72. The molecule has 2 amide bonds. The third-order valence-electron chi connectivity index (χ3n) is 4.17. The Morgan fingerprint density at radius 1 is 1.17 bits per heavy atom. The quantitative estimate of drug-likeness (QED) is 0.852. The summed E-state index contributed by atoms with van der Waals surface area (Å²) < 4.78 is 5.41. The van der Waals surface area contributed by atoms with Gasteiger partial charge < -0.3 is 14.5 Å². The van der Waals surface area contributed by atoms with Crippen molar-refractivity contribution < 1.29 is 14.3 Å². The molecule has 1 aliphatic heterocycles. The zero-order valence-electron chi connectivity index (χ0n) is 15.1. The minimum Gasteiger partial charge on any atom is -0.444 e. The van der Waals surface area contributed by atoms with Gasteiger partial charge in [-0.15, -0.1) is 0 Å². The highest BCUT2D eigenvalue weighted by Gasteiger charge is 2.28. The summed E-state index contributed by atoms with van der Waals surface area (Å²) in [5, 5.41) is 0. The first kappa shape index (κ1) is 18.3. The molecule has 1 heterocycles. The van der Waals surface area contributed by atoms with E-state index >= 15 is 0 Å². The van der Waals surface area contributed by atoms with Gasteiger partial charge in [0.2, 0.25) is 0 Å². The van der Waals surface area contributed by atoms with E-state index in [1.54, 1.807) is 9.80 Å². The topological polar surface area (TPSA) is 49.9 Å². The molecular weight excluding hydrogens is 304 g/mol. The van der Waals surface area contributed by atoms with Crippen molar-refractivity contribution in [2.75, 3.05) is 26.7 Å². The summed E-state index contributed by atoms with van der Waals surface area (Å²) in [6, 6.07) is 9.33. The number of hydrogen-bond acceptors (Lipinski definition) is 3. The van der Waals surface area contributed by atoms with Crippen molar-refractivity contribution in [3.8, 4) is 0 Å². The maximum atomic E-state index is 12.4. The molecule has 0 aliphatic carbocycles. The van der Waals surface area contributed by atoms with E-state index in [2.05, 4.69) is 0 Å². The van der Waals surface area contributed by atoms with E-state index < -0.39 is 5.60 Å². The Hall–Kier alpha value is -2.04. The van der Waals surface area contributed by atoms with Gasteiger partial charge in [-0.3, -0.25) is 4.79 Å². The van der Waals surface area contributed by atoms with Crippen LogP contribution in [0.25, 0.3) is 0 Å². The lowest BCUT2D eigenvalue weighted by molar-refractivity contribution is 0.0171. The SMILES string of the molecule is CN(CC1CCN(C(=O)OC(C)(C)C)CC1)C(=O)c1ccccc1. The van der Waals surface area contributed by atoms with Crippen LogP contribution in [0.3, 0.4) is 0 Å². The van der Waals surface area contributed by atoms with Crippen LogP contribution in [0.2, 0.25) is 0 Å². The molecule has 0 N–H and O–H groups in total. The molecule has 0 atom stereocenters. The molecular formula is C19H28N2O3. The van der Waals surface area contributed by atoms with Gasteiger partial charge in [-0.25, -0.2) is 4.79 Å². The maximum Gasteiger partial charge on any atom is 0.410 e. The van der Waals surface area contributed by atoms with Crippen molar-refractivity contribution in [1.29, 1.82) is 0 Å². The fourth-order valence-corrected chi connectivity index (χ4v) is 2.90. The summed E-state index contributed by atoms with van der Waals surface area (Å²) in [7, 11) is 1.84. The monoisotopic (exact) mass is 332 g/mol. The number of ether oxygens (including phenoxy) is 1. The van der Waals surface area contributed by atoms with Gasteiger partial charge in [0.1, 0.15) is 5.60 Å². The molecule has 24 heavy (non-hydrogen) atoms. The van der Waals surface area contributed by atoms with Crippen LogP contribution < -0.4 is 0 Å². The Morgan fingerprint density at radius 3 is 2.29 bits per heavy atom. The Balaban J connectivity index is 1.80. The normalized spacial score (nSPS) is 15.9. The molecule has 1 fully saturated rings. The molecule has 0 unspecified atom stereocenters. The number of nitrogens with zero attached hydrogens (tertiary/aromatic N) is 2. The maximum absolute atomic E-state index is 12.4. The van der Waals surface area contributed by atoms with E-state index in [-0.39, 0.29) is 12.0 Å². The van der Waals surface area contributed by atoms with Crippen molar-refractivity contribution >= 4 is 12.0 Å². The second-order valence-electron chi connectivity index (χ2n) is 7.46. The highest BCUT2D eigenvalue weighted by atomic mass is 16.6. The Kier molecular flexibility index (Phi) is 5.86. The highest BCUT2D eigenvalue weighted by molar-refractivity contribution is 5.93. The second-order valence-corrected chi connectivity index (χ2v) is 7.46. The van der Waals surface area contributed by atoms with Crippen molar-refractivity contribution in [3.63, 3.8) is 0 Å². The Morgan fingerprint density at radius 2 is 1.75 bits per heavy atom. The number of likely N-dealkylation sites (tertiary alicyclic amines) is 1. The molecule has 5 nitrogen and oxygen atoms in total. The average Bonchev–Trinajstić information content (AvgIpc) is 2.54. The van der Waals surface area contributed by atoms with Crippen molar-refractivity contribution in [1.82, 2.24) is 9.80 Å². The predicted octanol–water partition coefficient (Wildman–Crippen LogP) is 3.41. The lowest BCUT2D eigenvalue weighted by atomic mass is 9.96. The van der Waals surface area contributed by atoms with Crippen LogP contribution in [-0.4, -0.2) is 54.1 Å². The molecule has 0 bridgehead atoms.